The molecule has 2 aromatic rings. The van der Waals surface area contributed by atoms with Crippen LogP contribution in [0.25, 0.3) is 0 Å². The molecule has 2 aromatic heterocycles. The first kappa shape index (κ1) is 12.3. The van der Waals surface area contributed by atoms with E-state index < -0.39 is 0 Å². The molecule has 0 bridgehead atoms. The zero-order chi connectivity index (χ0) is 11.7. The first-order valence-corrected chi connectivity index (χ1v) is 7.54. The number of hydrogen-bond acceptors (Lipinski definition) is 3. The van der Waals surface area contributed by atoms with E-state index in [9.17, 15) is 0 Å². The Hall–Kier alpha value is -0.160. The van der Waals surface area contributed by atoms with E-state index in [1.54, 1.807) is 11.3 Å². The van der Waals surface area contributed by atoms with Gasteiger partial charge in [0.1, 0.15) is 0 Å². The Morgan fingerprint density at radius 3 is 2.44 bits per heavy atom. The molecule has 0 aliphatic carbocycles. The number of halogens is 1. The third-order valence-corrected chi connectivity index (χ3v) is 5.41. The van der Waals surface area contributed by atoms with E-state index in [-0.39, 0.29) is 0 Å². The molecule has 1 unspecified atom stereocenters. The summed E-state index contributed by atoms with van der Waals surface area (Å²) in [6, 6.07) is 6.88. The van der Waals surface area contributed by atoms with E-state index in [1.165, 1.54) is 24.0 Å². The number of thiophene rings is 2. The second-order valence-electron chi connectivity index (χ2n) is 3.77. The third-order valence-electron chi connectivity index (χ3n) is 2.51. The minimum absolute atomic E-state index is 0.329. The Morgan fingerprint density at radius 1 is 1.25 bits per heavy atom. The standard InChI is InChI=1S/C12H14BrNS2/c1-7-6-8(2)15-12(7)11(14-3)9-4-5-10(13)16-9/h4-6,11,14H,1-3H3. The highest BCUT2D eigenvalue weighted by molar-refractivity contribution is 9.11. The van der Waals surface area contributed by atoms with Crippen molar-refractivity contribution in [2.45, 2.75) is 19.9 Å². The van der Waals surface area contributed by atoms with Crippen molar-refractivity contribution >= 4 is 38.6 Å². The van der Waals surface area contributed by atoms with E-state index in [0.29, 0.717) is 6.04 Å². The highest BCUT2D eigenvalue weighted by Crippen LogP contribution is 2.36. The first-order chi connectivity index (χ1) is 7.61. The van der Waals surface area contributed by atoms with Crippen molar-refractivity contribution in [2.75, 3.05) is 7.05 Å². The van der Waals surface area contributed by atoms with Crippen LogP contribution in [-0.2, 0) is 0 Å². The molecule has 1 nitrogen and oxygen atoms in total. The van der Waals surface area contributed by atoms with Gasteiger partial charge < -0.3 is 5.32 Å². The largest absolute Gasteiger partial charge is 0.308 e. The van der Waals surface area contributed by atoms with Crippen LogP contribution in [0.3, 0.4) is 0 Å². The monoisotopic (exact) mass is 315 g/mol. The van der Waals surface area contributed by atoms with Crippen LogP contribution in [0, 0.1) is 13.8 Å². The van der Waals surface area contributed by atoms with Gasteiger partial charge in [-0.05, 0) is 60.6 Å². The molecule has 0 aromatic carbocycles. The molecule has 4 heteroatoms. The molecule has 86 valence electrons. The lowest BCUT2D eigenvalue weighted by Gasteiger charge is -2.13. The van der Waals surface area contributed by atoms with Crippen molar-refractivity contribution in [1.29, 1.82) is 0 Å². The molecule has 0 saturated heterocycles. The smallest absolute Gasteiger partial charge is 0.0765 e. The molecule has 2 heterocycles. The summed E-state index contributed by atoms with van der Waals surface area (Å²) in [5.41, 5.74) is 1.38. The number of rotatable bonds is 3. The summed E-state index contributed by atoms with van der Waals surface area (Å²) >= 11 is 7.19. The Bertz CT molecular complexity index is 487. The second-order valence-corrected chi connectivity index (χ2v) is 7.55. The van der Waals surface area contributed by atoms with E-state index in [4.69, 9.17) is 0 Å². The maximum absolute atomic E-state index is 3.52. The van der Waals surface area contributed by atoms with Crippen molar-refractivity contribution in [3.63, 3.8) is 0 Å². The van der Waals surface area contributed by atoms with Crippen LogP contribution in [0.15, 0.2) is 22.0 Å². The van der Waals surface area contributed by atoms with Crippen LogP contribution < -0.4 is 5.32 Å². The first-order valence-electron chi connectivity index (χ1n) is 5.11. The Labute approximate surface area is 113 Å². The SMILES string of the molecule is CNC(c1ccc(Br)s1)c1sc(C)cc1C. The maximum atomic E-state index is 3.52. The molecule has 0 aliphatic rings. The summed E-state index contributed by atoms with van der Waals surface area (Å²) in [5.74, 6) is 0. The van der Waals surface area contributed by atoms with Gasteiger partial charge in [-0.15, -0.1) is 22.7 Å². The Balaban J connectivity index is 2.40. The summed E-state index contributed by atoms with van der Waals surface area (Å²) in [6.07, 6.45) is 0. The fourth-order valence-corrected chi connectivity index (χ4v) is 4.62. The molecule has 16 heavy (non-hydrogen) atoms. The molecule has 0 saturated carbocycles. The summed E-state index contributed by atoms with van der Waals surface area (Å²) in [7, 11) is 2.02. The molecule has 2 rings (SSSR count). The van der Waals surface area contributed by atoms with Crippen LogP contribution in [0.2, 0.25) is 0 Å². The number of aryl methyl sites for hydroxylation is 2. The zero-order valence-corrected chi connectivity index (χ0v) is 12.7. The quantitative estimate of drug-likeness (QED) is 0.879. The van der Waals surface area contributed by atoms with Gasteiger partial charge in [-0.1, -0.05) is 0 Å². The lowest BCUT2D eigenvalue weighted by atomic mass is 10.1. The van der Waals surface area contributed by atoms with Gasteiger partial charge in [0, 0.05) is 14.6 Å². The fourth-order valence-electron chi connectivity index (χ4n) is 1.83. The lowest BCUT2D eigenvalue weighted by Crippen LogP contribution is -2.15. The van der Waals surface area contributed by atoms with E-state index in [1.807, 2.05) is 18.4 Å². The minimum Gasteiger partial charge on any atom is -0.308 e. The van der Waals surface area contributed by atoms with Crippen LogP contribution in [0.1, 0.15) is 26.2 Å². The summed E-state index contributed by atoms with van der Waals surface area (Å²) in [5, 5.41) is 3.40. The number of nitrogens with one attached hydrogen (secondary N) is 1. The summed E-state index contributed by atoms with van der Waals surface area (Å²) in [6.45, 7) is 4.35. The normalized spacial score (nSPS) is 13.0. The lowest BCUT2D eigenvalue weighted by molar-refractivity contribution is 0.712. The predicted octanol–water partition coefficient (Wildman–Crippen LogP) is 4.50. The van der Waals surface area contributed by atoms with Gasteiger partial charge in [-0.2, -0.15) is 0 Å². The van der Waals surface area contributed by atoms with Crippen molar-refractivity contribution < 1.29 is 0 Å². The maximum Gasteiger partial charge on any atom is 0.0765 e. The molecule has 0 amide bonds. The average Bonchev–Trinajstić information content (AvgIpc) is 2.76. The van der Waals surface area contributed by atoms with Gasteiger partial charge in [-0.25, -0.2) is 0 Å². The van der Waals surface area contributed by atoms with Gasteiger partial charge in [-0.3, -0.25) is 0 Å². The van der Waals surface area contributed by atoms with Crippen molar-refractivity contribution in [2.24, 2.45) is 0 Å². The minimum atomic E-state index is 0.329. The predicted molar refractivity (Wildman–Crippen MR) is 76.7 cm³/mol. The molecule has 0 fully saturated rings. The fraction of sp³-hybridized carbons (Fsp3) is 0.333. The number of hydrogen-bond donors (Lipinski definition) is 1. The Morgan fingerprint density at radius 2 is 2.00 bits per heavy atom. The molecule has 1 atom stereocenters. The summed E-state index contributed by atoms with van der Waals surface area (Å²) < 4.78 is 1.19. The van der Waals surface area contributed by atoms with Crippen LogP contribution in [-0.4, -0.2) is 7.05 Å². The van der Waals surface area contributed by atoms with Crippen LogP contribution >= 0.6 is 38.6 Å². The molecule has 1 N–H and O–H groups in total. The molecular formula is C12H14BrNS2. The van der Waals surface area contributed by atoms with Crippen LogP contribution in [0.5, 0.6) is 0 Å². The molecule has 0 radical (unpaired) electrons. The second kappa shape index (κ2) is 5.00. The molecule has 0 aliphatic heterocycles. The topological polar surface area (TPSA) is 12.0 Å². The highest BCUT2D eigenvalue weighted by Gasteiger charge is 2.18. The van der Waals surface area contributed by atoms with Crippen molar-refractivity contribution in [3.8, 4) is 0 Å². The van der Waals surface area contributed by atoms with E-state index >= 15 is 0 Å². The Kier molecular flexibility index (Phi) is 3.85. The van der Waals surface area contributed by atoms with Gasteiger partial charge in [0.25, 0.3) is 0 Å². The van der Waals surface area contributed by atoms with E-state index in [0.717, 1.165) is 0 Å². The van der Waals surface area contributed by atoms with Gasteiger partial charge in [0.05, 0.1) is 9.83 Å². The van der Waals surface area contributed by atoms with Gasteiger partial charge in [0.15, 0.2) is 0 Å². The van der Waals surface area contributed by atoms with Crippen molar-refractivity contribution in [3.05, 3.63) is 42.2 Å². The average molecular weight is 316 g/mol. The summed E-state index contributed by atoms with van der Waals surface area (Å²) in [4.78, 5) is 4.16. The third kappa shape index (κ3) is 2.40. The highest BCUT2D eigenvalue weighted by atomic mass is 79.9. The van der Waals surface area contributed by atoms with Gasteiger partial charge >= 0.3 is 0 Å². The van der Waals surface area contributed by atoms with Gasteiger partial charge in [0.2, 0.25) is 0 Å². The zero-order valence-electron chi connectivity index (χ0n) is 9.50. The van der Waals surface area contributed by atoms with Crippen LogP contribution in [0.4, 0.5) is 0 Å². The van der Waals surface area contributed by atoms with Crippen molar-refractivity contribution in [1.82, 2.24) is 5.32 Å². The van der Waals surface area contributed by atoms with E-state index in [2.05, 4.69) is 53.3 Å². The molecule has 0 spiro atoms. The molecular weight excluding hydrogens is 302 g/mol.